The monoisotopic (exact) mass is 395 g/mol. The Morgan fingerprint density at radius 1 is 0.963 bits per heavy atom. The molecule has 5 nitrogen and oxygen atoms in total. The van der Waals surface area contributed by atoms with Gasteiger partial charge in [-0.2, -0.15) is 0 Å². The molecule has 0 amide bonds. The van der Waals surface area contributed by atoms with Crippen molar-refractivity contribution in [3.8, 4) is 0 Å². The second-order valence-electron chi connectivity index (χ2n) is 5.88. The number of rotatable bonds is 3. The van der Waals surface area contributed by atoms with E-state index in [1.807, 2.05) is 12.1 Å². The van der Waals surface area contributed by atoms with Crippen molar-refractivity contribution in [2.75, 3.05) is 13.1 Å². The second kappa shape index (κ2) is 10.0. The predicted molar refractivity (Wildman–Crippen MR) is 97.0 cm³/mol. The van der Waals surface area contributed by atoms with Crippen molar-refractivity contribution in [3.63, 3.8) is 0 Å². The number of benzene rings is 2. The Labute approximate surface area is 159 Å². The maximum atomic E-state index is 13.6. The minimum Gasteiger partial charge on any atom is -0.473 e. The third kappa shape index (κ3) is 6.65. The van der Waals surface area contributed by atoms with Gasteiger partial charge in [0.15, 0.2) is 0 Å². The van der Waals surface area contributed by atoms with Crippen LogP contribution in [-0.2, 0) is 9.59 Å². The van der Waals surface area contributed by atoms with E-state index in [4.69, 9.17) is 19.8 Å². The Kier molecular flexibility index (Phi) is 7.75. The molecule has 0 saturated carbocycles. The number of carboxylic acids is 2. The minimum atomic E-state index is -1.82. The largest absolute Gasteiger partial charge is 0.473 e. The lowest BCUT2D eigenvalue weighted by Gasteiger charge is -2.25. The maximum absolute atomic E-state index is 13.6. The summed E-state index contributed by atoms with van der Waals surface area (Å²) in [6, 6.07) is 11.4. The smallest absolute Gasteiger partial charge is 0.414 e. The lowest BCUT2D eigenvalue weighted by atomic mass is 9.90. The van der Waals surface area contributed by atoms with Gasteiger partial charge in [-0.15, -0.1) is 0 Å². The number of nitrogens with one attached hydrogen (secondary N) is 1. The van der Waals surface area contributed by atoms with Crippen LogP contribution in [0.3, 0.4) is 0 Å². The van der Waals surface area contributed by atoms with E-state index >= 15 is 0 Å². The van der Waals surface area contributed by atoms with Gasteiger partial charge >= 0.3 is 11.9 Å². The van der Waals surface area contributed by atoms with Gasteiger partial charge < -0.3 is 15.5 Å². The molecule has 0 radical (unpaired) electrons. The van der Waals surface area contributed by atoms with Crippen LogP contribution in [0.15, 0.2) is 52.3 Å². The van der Waals surface area contributed by atoms with Crippen molar-refractivity contribution in [2.45, 2.75) is 28.6 Å². The minimum absolute atomic E-state index is 0.202. The molecule has 0 bridgehead atoms. The van der Waals surface area contributed by atoms with Crippen molar-refractivity contribution in [3.05, 3.63) is 59.7 Å². The standard InChI is InChI=1S/C17H17F2NS.C2H2O4/c18-13-2-1-3-15(10-13)21-17-5-4-14(19)11-16(17)12-6-8-20-9-7-12;3-1(4)2(5)6/h1-5,10-12,20H,6-9H2;(H,3,4)(H,5,6). The van der Waals surface area contributed by atoms with Crippen LogP contribution in [0.25, 0.3) is 0 Å². The summed E-state index contributed by atoms with van der Waals surface area (Å²) in [5.74, 6) is -3.72. The number of carboxylic acid groups (broad SMARTS) is 2. The van der Waals surface area contributed by atoms with E-state index in [0.29, 0.717) is 5.92 Å². The normalized spacial score (nSPS) is 14.1. The zero-order valence-electron chi connectivity index (χ0n) is 14.3. The molecule has 1 fully saturated rings. The molecule has 1 heterocycles. The third-order valence-electron chi connectivity index (χ3n) is 3.96. The quantitative estimate of drug-likeness (QED) is 0.687. The second-order valence-corrected chi connectivity index (χ2v) is 6.99. The van der Waals surface area contributed by atoms with Gasteiger partial charge in [0.25, 0.3) is 0 Å². The Morgan fingerprint density at radius 3 is 2.19 bits per heavy atom. The van der Waals surface area contributed by atoms with Crippen molar-refractivity contribution >= 4 is 23.7 Å². The predicted octanol–water partition coefficient (Wildman–Crippen LogP) is 3.74. The van der Waals surface area contributed by atoms with Crippen molar-refractivity contribution in [1.82, 2.24) is 5.32 Å². The zero-order valence-corrected chi connectivity index (χ0v) is 15.1. The Morgan fingerprint density at radius 2 is 1.59 bits per heavy atom. The molecule has 0 unspecified atom stereocenters. The third-order valence-corrected chi connectivity index (χ3v) is 5.04. The summed E-state index contributed by atoms with van der Waals surface area (Å²) in [6.07, 6.45) is 2.03. The molecule has 2 aromatic rings. The summed E-state index contributed by atoms with van der Waals surface area (Å²) < 4.78 is 26.9. The first-order valence-corrected chi connectivity index (χ1v) is 9.08. The molecule has 0 aromatic heterocycles. The van der Waals surface area contributed by atoms with Crippen LogP contribution in [0.2, 0.25) is 0 Å². The highest BCUT2D eigenvalue weighted by Crippen LogP contribution is 2.37. The van der Waals surface area contributed by atoms with Gasteiger partial charge in [0.2, 0.25) is 0 Å². The summed E-state index contributed by atoms with van der Waals surface area (Å²) in [6.45, 7) is 1.93. The summed E-state index contributed by atoms with van der Waals surface area (Å²) in [4.78, 5) is 20.1. The van der Waals surface area contributed by atoms with Gasteiger partial charge in [0.1, 0.15) is 11.6 Å². The van der Waals surface area contributed by atoms with Crippen LogP contribution in [0.1, 0.15) is 24.3 Å². The molecule has 144 valence electrons. The van der Waals surface area contributed by atoms with Gasteiger partial charge in [-0.25, -0.2) is 18.4 Å². The molecule has 2 aromatic carbocycles. The number of piperidine rings is 1. The molecular formula is C19H19F2NO4S. The zero-order chi connectivity index (χ0) is 19.8. The Hall–Kier alpha value is -2.45. The molecule has 3 N–H and O–H groups in total. The fraction of sp³-hybridized carbons (Fsp3) is 0.263. The van der Waals surface area contributed by atoms with Gasteiger partial charge in [0, 0.05) is 9.79 Å². The first-order valence-electron chi connectivity index (χ1n) is 8.26. The van der Waals surface area contributed by atoms with Crippen molar-refractivity contribution in [1.29, 1.82) is 0 Å². The van der Waals surface area contributed by atoms with Crippen LogP contribution in [0.4, 0.5) is 8.78 Å². The van der Waals surface area contributed by atoms with E-state index in [-0.39, 0.29) is 11.6 Å². The molecule has 3 rings (SSSR count). The molecule has 1 aliphatic heterocycles. The van der Waals surface area contributed by atoms with Gasteiger partial charge in [-0.3, -0.25) is 0 Å². The van der Waals surface area contributed by atoms with Gasteiger partial charge in [0.05, 0.1) is 0 Å². The number of hydrogen-bond acceptors (Lipinski definition) is 4. The van der Waals surface area contributed by atoms with E-state index in [9.17, 15) is 8.78 Å². The van der Waals surface area contributed by atoms with Crippen LogP contribution in [-0.4, -0.2) is 35.2 Å². The Balaban J connectivity index is 0.000000380. The summed E-state index contributed by atoms with van der Waals surface area (Å²) in [5, 5.41) is 18.1. The van der Waals surface area contributed by atoms with Gasteiger partial charge in [-0.05, 0) is 73.8 Å². The molecule has 0 spiro atoms. The number of carbonyl (C=O) groups is 2. The van der Waals surface area contributed by atoms with Crippen molar-refractivity contribution in [2.24, 2.45) is 0 Å². The lowest BCUT2D eigenvalue weighted by molar-refractivity contribution is -0.159. The van der Waals surface area contributed by atoms with Crippen LogP contribution in [0.5, 0.6) is 0 Å². The molecule has 0 aliphatic carbocycles. The highest BCUT2D eigenvalue weighted by molar-refractivity contribution is 7.99. The molecule has 1 aliphatic rings. The lowest BCUT2D eigenvalue weighted by Crippen LogP contribution is -2.26. The molecule has 8 heteroatoms. The molecule has 0 atom stereocenters. The fourth-order valence-electron chi connectivity index (χ4n) is 2.72. The topological polar surface area (TPSA) is 86.6 Å². The molecular weight excluding hydrogens is 376 g/mol. The van der Waals surface area contributed by atoms with Crippen LogP contribution >= 0.6 is 11.8 Å². The maximum Gasteiger partial charge on any atom is 0.414 e. The van der Waals surface area contributed by atoms with Crippen LogP contribution < -0.4 is 5.32 Å². The van der Waals surface area contributed by atoms with E-state index in [0.717, 1.165) is 41.3 Å². The van der Waals surface area contributed by atoms with E-state index in [2.05, 4.69) is 5.32 Å². The van der Waals surface area contributed by atoms with E-state index in [1.165, 1.54) is 30.0 Å². The van der Waals surface area contributed by atoms with E-state index in [1.54, 1.807) is 12.1 Å². The highest BCUT2D eigenvalue weighted by atomic mass is 32.2. The summed E-state index contributed by atoms with van der Waals surface area (Å²) in [7, 11) is 0. The van der Waals surface area contributed by atoms with E-state index < -0.39 is 11.9 Å². The SMILES string of the molecule is Fc1cccc(Sc2ccc(F)cc2C2CCNCC2)c1.O=C(O)C(=O)O. The molecule has 27 heavy (non-hydrogen) atoms. The molecule has 1 saturated heterocycles. The van der Waals surface area contributed by atoms with Gasteiger partial charge in [-0.1, -0.05) is 17.8 Å². The van der Waals surface area contributed by atoms with Crippen LogP contribution in [0, 0.1) is 11.6 Å². The summed E-state index contributed by atoms with van der Waals surface area (Å²) >= 11 is 1.50. The summed E-state index contributed by atoms with van der Waals surface area (Å²) in [5.41, 5.74) is 1.05. The highest BCUT2D eigenvalue weighted by Gasteiger charge is 2.19. The number of hydrogen-bond donors (Lipinski definition) is 3. The fourth-order valence-corrected chi connectivity index (χ4v) is 3.77. The number of halogens is 2. The van der Waals surface area contributed by atoms with Crippen molar-refractivity contribution < 1.29 is 28.6 Å². The first kappa shape index (κ1) is 20.9. The average molecular weight is 395 g/mol. The Bertz CT molecular complexity index is 798. The number of aliphatic carboxylic acids is 2. The first-order chi connectivity index (χ1) is 12.9. The average Bonchev–Trinajstić information content (AvgIpc) is 2.64.